The van der Waals surface area contributed by atoms with E-state index in [-0.39, 0.29) is 36.6 Å². The topological polar surface area (TPSA) is 104 Å². The summed E-state index contributed by atoms with van der Waals surface area (Å²) in [5, 5.41) is 7.17. The SMILES string of the molecule is COc1ncccc1C(=O)NCCn1nc(-c2ccco2)n(C2CC2)c1=O. The first-order chi connectivity index (χ1) is 13.2. The summed E-state index contributed by atoms with van der Waals surface area (Å²) in [5.41, 5.74) is 0.143. The molecule has 1 aliphatic carbocycles. The molecule has 9 heteroatoms. The number of carbonyl (C=O) groups excluding carboxylic acids is 1. The fourth-order valence-electron chi connectivity index (χ4n) is 2.90. The van der Waals surface area contributed by atoms with E-state index in [2.05, 4.69) is 15.4 Å². The summed E-state index contributed by atoms with van der Waals surface area (Å²) in [6.45, 7) is 0.497. The Kier molecular flexibility index (Phi) is 4.49. The van der Waals surface area contributed by atoms with Crippen molar-refractivity contribution in [3.8, 4) is 17.5 Å². The molecule has 4 rings (SSSR count). The molecule has 0 spiro atoms. The van der Waals surface area contributed by atoms with E-state index >= 15 is 0 Å². The fourth-order valence-corrected chi connectivity index (χ4v) is 2.90. The van der Waals surface area contributed by atoms with Crippen molar-refractivity contribution >= 4 is 5.91 Å². The third kappa shape index (κ3) is 3.35. The molecule has 0 unspecified atom stereocenters. The van der Waals surface area contributed by atoms with Crippen LogP contribution in [0.4, 0.5) is 0 Å². The summed E-state index contributed by atoms with van der Waals surface area (Å²) in [6, 6.07) is 7.00. The third-order valence-electron chi connectivity index (χ3n) is 4.34. The molecular weight excluding hydrogens is 350 g/mol. The number of carbonyl (C=O) groups is 1. The normalized spacial score (nSPS) is 13.5. The Labute approximate surface area is 154 Å². The zero-order valence-corrected chi connectivity index (χ0v) is 14.8. The van der Waals surface area contributed by atoms with E-state index in [0.717, 1.165) is 12.8 Å². The summed E-state index contributed by atoms with van der Waals surface area (Å²) >= 11 is 0. The Morgan fingerprint density at radius 3 is 2.93 bits per heavy atom. The van der Waals surface area contributed by atoms with Gasteiger partial charge in [0.2, 0.25) is 11.7 Å². The molecule has 1 amide bonds. The van der Waals surface area contributed by atoms with E-state index in [0.29, 0.717) is 17.1 Å². The molecule has 1 fully saturated rings. The highest BCUT2D eigenvalue weighted by Crippen LogP contribution is 2.36. The second-order valence-electron chi connectivity index (χ2n) is 6.22. The van der Waals surface area contributed by atoms with Crippen molar-refractivity contribution in [2.75, 3.05) is 13.7 Å². The molecule has 9 nitrogen and oxygen atoms in total. The van der Waals surface area contributed by atoms with Crippen LogP contribution in [-0.2, 0) is 6.54 Å². The average Bonchev–Trinajstić information content (AvgIpc) is 3.26. The summed E-state index contributed by atoms with van der Waals surface area (Å²) in [5.74, 6) is 1.01. The molecule has 1 saturated carbocycles. The highest BCUT2D eigenvalue weighted by Gasteiger charge is 2.31. The lowest BCUT2D eigenvalue weighted by molar-refractivity contribution is 0.0948. The van der Waals surface area contributed by atoms with Gasteiger partial charge in [-0.05, 0) is 37.1 Å². The summed E-state index contributed by atoms with van der Waals surface area (Å²) in [7, 11) is 1.46. The van der Waals surface area contributed by atoms with Crippen molar-refractivity contribution < 1.29 is 13.9 Å². The molecule has 3 aromatic rings. The van der Waals surface area contributed by atoms with Gasteiger partial charge < -0.3 is 14.5 Å². The largest absolute Gasteiger partial charge is 0.480 e. The number of hydrogen-bond donors (Lipinski definition) is 1. The maximum atomic E-state index is 12.7. The first-order valence-corrected chi connectivity index (χ1v) is 8.69. The Morgan fingerprint density at radius 1 is 1.37 bits per heavy atom. The van der Waals surface area contributed by atoms with Gasteiger partial charge in [-0.25, -0.2) is 14.5 Å². The molecule has 0 aliphatic heterocycles. The van der Waals surface area contributed by atoms with Crippen LogP contribution in [0, 0.1) is 0 Å². The standard InChI is InChI=1S/C18H19N5O4/c1-26-17-13(4-2-8-20-17)16(24)19-9-10-22-18(25)23(12-6-7-12)15(21-22)14-5-3-11-27-14/h2-5,8,11-12H,6-7,9-10H2,1H3,(H,19,24). The number of hydrogen-bond acceptors (Lipinski definition) is 6. The lowest BCUT2D eigenvalue weighted by Crippen LogP contribution is -2.32. The molecule has 0 atom stereocenters. The highest BCUT2D eigenvalue weighted by atomic mass is 16.5. The number of pyridine rings is 1. The van der Waals surface area contributed by atoms with Crippen LogP contribution in [0.3, 0.4) is 0 Å². The van der Waals surface area contributed by atoms with Crippen molar-refractivity contribution in [2.24, 2.45) is 0 Å². The van der Waals surface area contributed by atoms with E-state index < -0.39 is 0 Å². The first kappa shape index (κ1) is 17.1. The summed E-state index contributed by atoms with van der Waals surface area (Å²) in [6.07, 6.45) is 5.02. The number of furan rings is 1. The maximum Gasteiger partial charge on any atom is 0.346 e. The molecule has 0 bridgehead atoms. The summed E-state index contributed by atoms with van der Waals surface area (Å²) < 4.78 is 13.5. The van der Waals surface area contributed by atoms with Gasteiger partial charge in [0.1, 0.15) is 5.56 Å². The number of nitrogens with one attached hydrogen (secondary N) is 1. The van der Waals surface area contributed by atoms with Gasteiger partial charge in [-0.1, -0.05) is 0 Å². The number of methoxy groups -OCH3 is 1. The minimum Gasteiger partial charge on any atom is -0.480 e. The van der Waals surface area contributed by atoms with Crippen LogP contribution < -0.4 is 15.7 Å². The van der Waals surface area contributed by atoms with Crippen LogP contribution in [-0.4, -0.2) is 38.9 Å². The van der Waals surface area contributed by atoms with Crippen LogP contribution in [0.5, 0.6) is 5.88 Å². The smallest absolute Gasteiger partial charge is 0.346 e. The van der Waals surface area contributed by atoms with Crippen LogP contribution >= 0.6 is 0 Å². The molecule has 0 radical (unpaired) electrons. The van der Waals surface area contributed by atoms with E-state index in [9.17, 15) is 9.59 Å². The third-order valence-corrected chi connectivity index (χ3v) is 4.34. The van der Waals surface area contributed by atoms with Gasteiger partial charge in [-0.2, -0.15) is 0 Å². The zero-order valence-electron chi connectivity index (χ0n) is 14.8. The molecule has 27 heavy (non-hydrogen) atoms. The molecule has 140 valence electrons. The molecular formula is C18H19N5O4. The van der Waals surface area contributed by atoms with Crippen LogP contribution in [0.2, 0.25) is 0 Å². The number of ether oxygens (including phenoxy) is 1. The van der Waals surface area contributed by atoms with Crippen LogP contribution in [0.1, 0.15) is 29.2 Å². The molecule has 0 saturated heterocycles. The molecule has 1 aliphatic rings. The summed E-state index contributed by atoms with van der Waals surface area (Å²) in [4.78, 5) is 29.0. The van der Waals surface area contributed by atoms with Gasteiger partial charge in [-0.3, -0.25) is 9.36 Å². The number of rotatable bonds is 7. The number of aromatic nitrogens is 4. The Balaban J connectivity index is 1.48. The molecule has 3 heterocycles. The second-order valence-corrected chi connectivity index (χ2v) is 6.22. The van der Waals surface area contributed by atoms with Gasteiger partial charge >= 0.3 is 5.69 Å². The van der Waals surface area contributed by atoms with Crippen molar-refractivity contribution in [1.29, 1.82) is 0 Å². The number of nitrogens with zero attached hydrogens (tertiary/aromatic N) is 4. The van der Waals surface area contributed by atoms with E-state index in [4.69, 9.17) is 9.15 Å². The molecule has 1 N–H and O–H groups in total. The first-order valence-electron chi connectivity index (χ1n) is 8.69. The second kappa shape index (κ2) is 7.10. The predicted molar refractivity (Wildman–Crippen MR) is 95.6 cm³/mol. The van der Waals surface area contributed by atoms with Crippen molar-refractivity contribution in [3.05, 3.63) is 52.8 Å². The van der Waals surface area contributed by atoms with Gasteiger partial charge in [0.25, 0.3) is 5.91 Å². The zero-order chi connectivity index (χ0) is 18.8. The van der Waals surface area contributed by atoms with Crippen LogP contribution in [0.15, 0.2) is 45.9 Å². The Hall–Kier alpha value is -3.36. The Bertz CT molecular complexity index is 1000. The average molecular weight is 369 g/mol. The van der Waals surface area contributed by atoms with E-state index in [1.54, 1.807) is 41.3 Å². The molecule has 3 aromatic heterocycles. The monoisotopic (exact) mass is 369 g/mol. The van der Waals surface area contributed by atoms with Crippen LogP contribution in [0.25, 0.3) is 11.6 Å². The minimum absolute atomic E-state index is 0.167. The van der Waals surface area contributed by atoms with Gasteiger partial charge in [0.05, 0.1) is 19.9 Å². The fraction of sp³-hybridized carbons (Fsp3) is 0.333. The van der Waals surface area contributed by atoms with Crippen molar-refractivity contribution in [1.82, 2.24) is 24.6 Å². The Morgan fingerprint density at radius 2 is 2.22 bits per heavy atom. The quantitative estimate of drug-likeness (QED) is 0.676. The molecule has 0 aromatic carbocycles. The van der Waals surface area contributed by atoms with E-state index in [1.807, 2.05) is 0 Å². The van der Waals surface area contributed by atoms with E-state index in [1.165, 1.54) is 11.8 Å². The van der Waals surface area contributed by atoms with Crippen molar-refractivity contribution in [2.45, 2.75) is 25.4 Å². The lowest BCUT2D eigenvalue weighted by atomic mass is 10.2. The predicted octanol–water partition coefficient (Wildman–Crippen LogP) is 1.47. The highest BCUT2D eigenvalue weighted by molar-refractivity contribution is 5.96. The lowest BCUT2D eigenvalue weighted by Gasteiger charge is -2.07. The number of amides is 1. The van der Waals surface area contributed by atoms with Gasteiger partial charge in [-0.15, -0.1) is 5.10 Å². The van der Waals surface area contributed by atoms with Gasteiger partial charge in [0, 0.05) is 18.8 Å². The van der Waals surface area contributed by atoms with Crippen molar-refractivity contribution in [3.63, 3.8) is 0 Å². The maximum absolute atomic E-state index is 12.7. The minimum atomic E-state index is -0.319. The van der Waals surface area contributed by atoms with Gasteiger partial charge in [0.15, 0.2) is 5.76 Å².